The third-order valence-electron chi connectivity index (χ3n) is 5.60. The summed E-state index contributed by atoms with van der Waals surface area (Å²) in [6.07, 6.45) is 1.06. The van der Waals surface area contributed by atoms with Crippen LogP contribution >= 0.6 is 11.8 Å². The van der Waals surface area contributed by atoms with Gasteiger partial charge in [-0.05, 0) is 24.1 Å². The number of carbonyl (C=O) groups excluding carboxylic acids is 4. The topological polar surface area (TPSA) is 110 Å². The van der Waals surface area contributed by atoms with E-state index < -0.39 is 29.0 Å². The van der Waals surface area contributed by atoms with Gasteiger partial charge in [0.1, 0.15) is 18.4 Å². The number of para-hydroxylation sites is 1. The van der Waals surface area contributed by atoms with E-state index in [0.29, 0.717) is 18.5 Å². The number of nitrogens with two attached hydrogens (primary N) is 1. The van der Waals surface area contributed by atoms with Crippen LogP contribution < -0.4 is 16.0 Å². The fourth-order valence-corrected chi connectivity index (χ4v) is 5.41. The highest BCUT2D eigenvalue weighted by Crippen LogP contribution is 2.45. The van der Waals surface area contributed by atoms with Crippen LogP contribution in [0.25, 0.3) is 0 Å². The summed E-state index contributed by atoms with van der Waals surface area (Å²) in [6, 6.07) is 15.9. The van der Waals surface area contributed by atoms with Gasteiger partial charge in [0.25, 0.3) is 5.91 Å². The Hall–Kier alpha value is -3.13. The Morgan fingerprint density at radius 2 is 1.77 bits per heavy atom. The molecule has 4 rings (SSSR count). The molecule has 8 heteroatoms. The van der Waals surface area contributed by atoms with Crippen LogP contribution in [-0.2, 0) is 19.2 Å². The number of anilines is 1. The normalized spacial score (nSPS) is 23.2. The summed E-state index contributed by atoms with van der Waals surface area (Å²) < 4.78 is 0. The molecule has 1 aliphatic carbocycles. The number of nitrogens with zero attached hydrogens (tertiary/aromatic N) is 1. The van der Waals surface area contributed by atoms with Crippen LogP contribution in [0, 0.1) is 5.92 Å². The van der Waals surface area contributed by atoms with Crippen molar-refractivity contribution in [3.05, 3.63) is 60.2 Å². The molecular formula is C23H23N3O4S. The van der Waals surface area contributed by atoms with Gasteiger partial charge in [-0.3, -0.25) is 19.2 Å². The van der Waals surface area contributed by atoms with E-state index in [2.05, 4.69) is 5.32 Å². The minimum atomic E-state index is -0.914. The molecule has 1 saturated carbocycles. The van der Waals surface area contributed by atoms with Gasteiger partial charge >= 0.3 is 0 Å². The Morgan fingerprint density at radius 1 is 1.06 bits per heavy atom. The van der Waals surface area contributed by atoms with Crippen molar-refractivity contribution in [2.45, 2.75) is 35.4 Å². The number of nitrogens with one attached hydrogen (secondary N) is 1. The molecule has 0 unspecified atom stereocenters. The molecule has 2 aromatic rings. The average molecular weight is 438 g/mol. The van der Waals surface area contributed by atoms with Crippen molar-refractivity contribution in [3.8, 4) is 0 Å². The third kappa shape index (κ3) is 4.49. The lowest BCUT2D eigenvalue weighted by molar-refractivity contribution is -0.130. The molecule has 3 amide bonds. The average Bonchev–Trinajstić information content (AvgIpc) is 3.17. The van der Waals surface area contributed by atoms with Gasteiger partial charge < -0.3 is 16.0 Å². The molecule has 0 saturated heterocycles. The van der Waals surface area contributed by atoms with Crippen molar-refractivity contribution in [1.82, 2.24) is 5.32 Å². The van der Waals surface area contributed by atoms with Crippen molar-refractivity contribution in [2.24, 2.45) is 11.7 Å². The number of hydrogen-bond acceptors (Lipinski definition) is 5. The fraction of sp³-hybridized carbons (Fsp3) is 0.304. The third-order valence-corrected chi connectivity index (χ3v) is 7.00. The standard InChI is InChI=1S/C23H23N3O4S/c24-19(28)13-26-17-8-4-5-9-18(17)31-21(14-6-2-1-3-7-14)20(23(26)30)25-22(29)15-10-11-16(27)12-15/h1-9,15,20-21H,10-13H2,(H2,24,28)(H,25,29)/t15-,20+,21+/m1/s1. The molecular weight excluding hydrogens is 414 g/mol. The zero-order valence-electron chi connectivity index (χ0n) is 16.8. The number of thioether (sulfide) groups is 1. The van der Waals surface area contributed by atoms with Gasteiger partial charge in [0.15, 0.2) is 0 Å². The van der Waals surface area contributed by atoms with Gasteiger partial charge in [0.2, 0.25) is 11.8 Å². The molecule has 3 atom stereocenters. The molecule has 1 heterocycles. The smallest absolute Gasteiger partial charge is 0.251 e. The van der Waals surface area contributed by atoms with Crippen molar-refractivity contribution in [1.29, 1.82) is 0 Å². The minimum Gasteiger partial charge on any atom is -0.368 e. The zero-order valence-corrected chi connectivity index (χ0v) is 17.6. The van der Waals surface area contributed by atoms with Crippen molar-refractivity contribution in [2.75, 3.05) is 11.4 Å². The van der Waals surface area contributed by atoms with E-state index in [0.717, 1.165) is 10.5 Å². The number of Topliss-reactive ketones (excluding diaryl/α,β-unsaturated/α-hetero) is 1. The second-order valence-corrected chi connectivity index (χ2v) is 8.96. The van der Waals surface area contributed by atoms with Gasteiger partial charge in [0, 0.05) is 23.7 Å². The van der Waals surface area contributed by atoms with Gasteiger partial charge in [-0.1, -0.05) is 42.5 Å². The summed E-state index contributed by atoms with van der Waals surface area (Å²) in [5.74, 6) is -1.72. The summed E-state index contributed by atoms with van der Waals surface area (Å²) in [6.45, 7) is -0.286. The van der Waals surface area contributed by atoms with Crippen molar-refractivity contribution in [3.63, 3.8) is 0 Å². The number of fused-ring (bicyclic) bond motifs is 1. The number of primary amides is 1. The molecule has 1 aliphatic heterocycles. The van der Waals surface area contributed by atoms with Crippen LogP contribution in [0.2, 0.25) is 0 Å². The van der Waals surface area contributed by atoms with Crippen LogP contribution in [0.3, 0.4) is 0 Å². The predicted octanol–water partition coefficient (Wildman–Crippen LogP) is 2.21. The van der Waals surface area contributed by atoms with Crippen LogP contribution in [0.15, 0.2) is 59.5 Å². The molecule has 160 valence electrons. The van der Waals surface area contributed by atoms with E-state index in [-0.39, 0.29) is 24.7 Å². The summed E-state index contributed by atoms with van der Waals surface area (Å²) in [5, 5.41) is 2.49. The Morgan fingerprint density at radius 3 is 2.45 bits per heavy atom. The lowest BCUT2D eigenvalue weighted by atomic mass is 10.0. The lowest BCUT2D eigenvalue weighted by Crippen LogP contribution is -2.53. The number of ketones is 1. The van der Waals surface area contributed by atoms with E-state index in [1.165, 1.54) is 16.7 Å². The molecule has 7 nitrogen and oxygen atoms in total. The second kappa shape index (κ2) is 8.93. The highest BCUT2D eigenvalue weighted by molar-refractivity contribution is 7.99. The van der Waals surface area contributed by atoms with Gasteiger partial charge in [-0.2, -0.15) is 0 Å². The molecule has 1 fully saturated rings. The number of benzene rings is 2. The molecule has 0 aromatic heterocycles. The molecule has 0 bridgehead atoms. The van der Waals surface area contributed by atoms with Gasteiger partial charge in [-0.15, -0.1) is 11.8 Å². The molecule has 2 aliphatic rings. The lowest BCUT2D eigenvalue weighted by Gasteiger charge is -2.29. The first-order chi connectivity index (χ1) is 14.9. The van der Waals surface area contributed by atoms with Crippen LogP contribution in [0.5, 0.6) is 0 Å². The van der Waals surface area contributed by atoms with Crippen LogP contribution in [0.1, 0.15) is 30.1 Å². The van der Waals surface area contributed by atoms with E-state index in [4.69, 9.17) is 5.73 Å². The summed E-state index contributed by atoms with van der Waals surface area (Å²) in [5.41, 5.74) is 6.90. The van der Waals surface area contributed by atoms with Crippen molar-refractivity contribution >= 4 is 41.0 Å². The largest absolute Gasteiger partial charge is 0.368 e. The Labute approximate surface area is 184 Å². The quantitative estimate of drug-likeness (QED) is 0.745. The maximum Gasteiger partial charge on any atom is 0.251 e. The van der Waals surface area contributed by atoms with Crippen LogP contribution in [-0.4, -0.2) is 36.1 Å². The SMILES string of the molecule is NC(=O)CN1C(=O)[C@@H](NC(=O)[C@@H]2CCC(=O)C2)[C@H](c2ccccc2)Sc2ccccc21. The molecule has 2 aromatic carbocycles. The Kier molecular flexibility index (Phi) is 6.08. The van der Waals surface area contributed by atoms with E-state index in [1.807, 2.05) is 42.5 Å². The maximum atomic E-state index is 13.7. The first kappa shape index (κ1) is 21.1. The van der Waals surface area contributed by atoms with Crippen molar-refractivity contribution < 1.29 is 19.2 Å². The minimum absolute atomic E-state index is 0.0593. The predicted molar refractivity (Wildman–Crippen MR) is 117 cm³/mol. The monoisotopic (exact) mass is 437 g/mol. The van der Waals surface area contributed by atoms with Crippen LogP contribution in [0.4, 0.5) is 5.69 Å². The first-order valence-electron chi connectivity index (χ1n) is 10.2. The maximum absolute atomic E-state index is 13.7. The zero-order chi connectivity index (χ0) is 22.0. The Balaban J connectivity index is 1.74. The summed E-state index contributed by atoms with van der Waals surface area (Å²) in [4.78, 5) is 52.2. The Bertz CT molecular complexity index is 1030. The highest BCUT2D eigenvalue weighted by Gasteiger charge is 2.41. The number of amides is 3. The van der Waals surface area contributed by atoms with Gasteiger partial charge in [0.05, 0.1) is 10.9 Å². The number of carbonyl (C=O) groups is 4. The number of hydrogen-bond donors (Lipinski definition) is 2. The molecule has 3 N–H and O–H groups in total. The number of rotatable bonds is 5. The highest BCUT2D eigenvalue weighted by atomic mass is 32.2. The molecule has 31 heavy (non-hydrogen) atoms. The summed E-state index contributed by atoms with van der Waals surface area (Å²) >= 11 is 1.46. The molecule has 0 spiro atoms. The fourth-order valence-electron chi connectivity index (χ4n) is 4.07. The van der Waals surface area contributed by atoms with E-state index in [9.17, 15) is 19.2 Å². The van der Waals surface area contributed by atoms with E-state index in [1.54, 1.807) is 12.1 Å². The van der Waals surface area contributed by atoms with Gasteiger partial charge in [-0.25, -0.2) is 0 Å². The first-order valence-corrected chi connectivity index (χ1v) is 11.0. The summed E-state index contributed by atoms with van der Waals surface area (Å²) in [7, 11) is 0. The van der Waals surface area contributed by atoms with E-state index >= 15 is 0 Å². The second-order valence-electron chi connectivity index (χ2n) is 7.77. The molecule has 0 radical (unpaired) electrons.